The molecule has 0 aliphatic carbocycles. The van der Waals surface area contributed by atoms with Gasteiger partial charge in [-0.25, -0.2) is 13.4 Å². The lowest BCUT2D eigenvalue weighted by Crippen LogP contribution is -2.37. The zero-order valence-corrected chi connectivity index (χ0v) is 12.6. The monoisotopic (exact) mass is 328 g/mol. The van der Waals surface area contributed by atoms with Gasteiger partial charge in [0.1, 0.15) is 5.65 Å². The minimum Gasteiger partial charge on any atom is -0.355 e. The second-order valence-corrected chi connectivity index (χ2v) is 6.89. The maximum Gasteiger partial charge on any atom is 0.262 e. The van der Waals surface area contributed by atoms with E-state index in [0.717, 1.165) is 4.31 Å². The summed E-state index contributed by atoms with van der Waals surface area (Å²) in [5.74, 6) is -0.319. The molecule has 2 aromatic rings. The molecule has 0 spiro atoms. The van der Waals surface area contributed by atoms with Gasteiger partial charge in [-0.15, -0.1) is 0 Å². The van der Waals surface area contributed by atoms with Crippen molar-refractivity contribution in [1.82, 2.24) is 19.0 Å². The minimum absolute atomic E-state index is 0.0918. The molecule has 1 fully saturated rings. The van der Waals surface area contributed by atoms with Crippen molar-refractivity contribution in [3.05, 3.63) is 29.5 Å². The zero-order valence-electron chi connectivity index (χ0n) is 11.0. The summed E-state index contributed by atoms with van der Waals surface area (Å²) in [5.41, 5.74) is 0.445. The van der Waals surface area contributed by atoms with Crippen LogP contribution >= 0.6 is 11.6 Å². The van der Waals surface area contributed by atoms with E-state index in [1.54, 1.807) is 24.4 Å². The lowest BCUT2D eigenvalue weighted by molar-refractivity contribution is -0.120. The van der Waals surface area contributed by atoms with Crippen molar-refractivity contribution < 1.29 is 13.2 Å². The second-order valence-electron chi connectivity index (χ2n) is 4.68. The Morgan fingerprint density at radius 1 is 1.33 bits per heavy atom. The summed E-state index contributed by atoms with van der Waals surface area (Å²) in [6, 6.07) is 5.10. The Balaban J connectivity index is 2.11. The van der Waals surface area contributed by atoms with Crippen LogP contribution in [0.25, 0.3) is 5.65 Å². The van der Waals surface area contributed by atoms with Crippen molar-refractivity contribution in [2.24, 2.45) is 0 Å². The molecule has 0 atom stereocenters. The summed E-state index contributed by atoms with van der Waals surface area (Å²) in [6.07, 6.45) is 2.14. The van der Waals surface area contributed by atoms with E-state index in [4.69, 9.17) is 11.6 Å². The molecule has 3 heterocycles. The predicted molar refractivity (Wildman–Crippen MR) is 76.6 cm³/mol. The third-order valence-corrected chi connectivity index (χ3v) is 5.50. The number of sulfonamides is 1. The molecule has 1 saturated heterocycles. The van der Waals surface area contributed by atoms with E-state index in [2.05, 4.69) is 10.3 Å². The summed E-state index contributed by atoms with van der Waals surface area (Å²) in [6.45, 7) is 0.516. The summed E-state index contributed by atoms with van der Waals surface area (Å²) < 4.78 is 28.1. The van der Waals surface area contributed by atoms with E-state index in [9.17, 15) is 13.2 Å². The number of nitrogens with one attached hydrogen (secondary N) is 1. The molecule has 0 aromatic carbocycles. The van der Waals surface area contributed by atoms with Crippen LogP contribution in [-0.4, -0.2) is 47.6 Å². The Morgan fingerprint density at radius 3 is 2.95 bits per heavy atom. The number of imidazole rings is 1. The van der Waals surface area contributed by atoms with Gasteiger partial charge in [0.15, 0.2) is 10.2 Å². The van der Waals surface area contributed by atoms with Crippen LogP contribution < -0.4 is 5.32 Å². The fourth-order valence-electron chi connectivity index (χ4n) is 2.28. The standard InChI is InChI=1S/C12H13ClN4O3S/c13-11-12(17-7-2-1-4-9(17)15-11)21(19,20)16-6-3-5-14-10(18)8-16/h1-2,4,7H,3,5-6,8H2,(H,14,18). The normalized spacial score (nSPS) is 17.7. The van der Waals surface area contributed by atoms with Gasteiger partial charge in [-0.05, 0) is 18.6 Å². The second kappa shape index (κ2) is 5.28. The van der Waals surface area contributed by atoms with Crippen molar-refractivity contribution in [2.75, 3.05) is 19.6 Å². The van der Waals surface area contributed by atoms with E-state index >= 15 is 0 Å². The highest BCUT2D eigenvalue weighted by atomic mass is 35.5. The quantitative estimate of drug-likeness (QED) is 0.870. The van der Waals surface area contributed by atoms with E-state index in [0.29, 0.717) is 18.6 Å². The molecule has 1 aliphatic rings. The molecule has 9 heteroatoms. The molecular weight excluding hydrogens is 316 g/mol. The van der Waals surface area contributed by atoms with Crippen molar-refractivity contribution in [3.63, 3.8) is 0 Å². The Bertz CT molecular complexity index is 802. The summed E-state index contributed by atoms with van der Waals surface area (Å²) in [4.78, 5) is 15.6. The number of pyridine rings is 1. The van der Waals surface area contributed by atoms with Gasteiger partial charge in [0.25, 0.3) is 10.0 Å². The molecule has 0 bridgehead atoms. The molecular formula is C12H13ClN4O3S. The molecule has 0 unspecified atom stereocenters. The molecule has 0 saturated carbocycles. The van der Waals surface area contributed by atoms with Crippen LogP contribution in [0.1, 0.15) is 6.42 Å². The Hall–Kier alpha value is -1.64. The number of aromatic nitrogens is 2. The first-order valence-electron chi connectivity index (χ1n) is 6.39. The lowest BCUT2D eigenvalue weighted by atomic mass is 10.4. The topological polar surface area (TPSA) is 83.8 Å². The van der Waals surface area contributed by atoms with E-state index in [1.807, 2.05) is 0 Å². The molecule has 2 aromatic heterocycles. The molecule has 112 valence electrons. The molecule has 1 aliphatic heterocycles. The summed E-state index contributed by atoms with van der Waals surface area (Å²) in [5, 5.41) is 2.45. The van der Waals surface area contributed by atoms with Crippen LogP contribution in [0.2, 0.25) is 5.15 Å². The number of amides is 1. The van der Waals surface area contributed by atoms with Crippen molar-refractivity contribution >= 4 is 33.2 Å². The lowest BCUT2D eigenvalue weighted by Gasteiger charge is -2.18. The van der Waals surface area contributed by atoms with Gasteiger partial charge in [0.2, 0.25) is 5.91 Å². The Kier molecular flexibility index (Phi) is 3.60. The molecule has 3 rings (SSSR count). The number of carbonyl (C=O) groups is 1. The third-order valence-electron chi connectivity index (χ3n) is 3.26. The highest BCUT2D eigenvalue weighted by Gasteiger charge is 2.33. The average Bonchev–Trinajstić information content (AvgIpc) is 2.62. The first kappa shape index (κ1) is 14.3. The highest BCUT2D eigenvalue weighted by Crippen LogP contribution is 2.26. The van der Waals surface area contributed by atoms with Crippen molar-refractivity contribution in [3.8, 4) is 0 Å². The highest BCUT2D eigenvalue weighted by molar-refractivity contribution is 7.89. The Labute approximate surface area is 126 Å². The fourth-order valence-corrected chi connectivity index (χ4v) is 4.31. The summed E-state index contributed by atoms with van der Waals surface area (Å²) in [7, 11) is -3.89. The van der Waals surface area contributed by atoms with Gasteiger partial charge in [0, 0.05) is 19.3 Å². The van der Waals surface area contributed by atoms with Crippen molar-refractivity contribution in [2.45, 2.75) is 11.4 Å². The smallest absolute Gasteiger partial charge is 0.262 e. The molecule has 1 N–H and O–H groups in total. The maximum absolute atomic E-state index is 12.8. The van der Waals surface area contributed by atoms with E-state index < -0.39 is 10.0 Å². The number of carbonyl (C=O) groups excluding carboxylic acids is 1. The van der Waals surface area contributed by atoms with Crippen LogP contribution in [0.15, 0.2) is 29.4 Å². The fraction of sp³-hybridized carbons (Fsp3) is 0.333. The third kappa shape index (κ3) is 2.50. The summed E-state index contributed by atoms with van der Waals surface area (Å²) >= 11 is 6.01. The minimum atomic E-state index is -3.89. The van der Waals surface area contributed by atoms with Crippen LogP contribution in [0.5, 0.6) is 0 Å². The van der Waals surface area contributed by atoms with Crippen LogP contribution in [0.4, 0.5) is 0 Å². The van der Waals surface area contributed by atoms with E-state index in [1.165, 1.54) is 4.40 Å². The van der Waals surface area contributed by atoms with Gasteiger partial charge < -0.3 is 5.32 Å². The predicted octanol–water partition coefficient (Wildman–Crippen LogP) is 0.498. The number of fused-ring (bicyclic) bond motifs is 1. The number of hydrogen-bond acceptors (Lipinski definition) is 4. The van der Waals surface area contributed by atoms with Gasteiger partial charge in [-0.1, -0.05) is 17.7 Å². The zero-order chi connectivity index (χ0) is 15.0. The number of hydrogen-bond donors (Lipinski definition) is 1. The SMILES string of the molecule is O=C1CN(S(=O)(=O)c2c(Cl)nc3ccccn23)CCCN1. The van der Waals surface area contributed by atoms with Crippen LogP contribution in [-0.2, 0) is 14.8 Å². The van der Waals surface area contributed by atoms with Crippen LogP contribution in [0, 0.1) is 0 Å². The largest absolute Gasteiger partial charge is 0.355 e. The number of halogens is 1. The average molecular weight is 329 g/mol. The van der Waals surface area contributed by atoms with Gasteiger partial charge in [-0.2, -0.15) is 4.31 Å². The molecule has 1 amide bonds. The Morgan fingerprint density at radius 2 is 2.14 bits per heavy atom. The van der Waals surface area contributed by atoms with Crippen LogP contribution in [0.3, 0.4) is 0 Å². The van der Waals surface area contributed by atoms with Gasteiger partial charge in [0.05, 0.1) is 6.54 Å². The maximum atomic E-state index is 12.8. The number of rotatable bonds is 2. The van der Waals surface area contributed by atoms with Crippen molar-refractivity contribution in [1.29, 1.82) is 0 Å². The first-order chi connectivity index (χ1) is 10.00. The molecule has 0 radical (unpaired) electrons. The number of nitrogens with zero attached hydrogens (tertiary/aromatic N) is 3. The molecule has 21 heavy (non-hydrogen) atoms. The van der Waals surface area contributed by atoms with Gasteiger partial charge in [-0.3, -0.25) is 9.20 Å². The first-order valence-corrected chi connectivity index (χ1v) is 8.21. The van der Waals surface area contributed by atoms with Gasteiger partial charge >= 0.3 is 0 Å². The van der Waals surface area contributed by atoms with E-state index in [-0.39, 0.29) is 29.2 Å². The molecule has 7 nitrogen and oxygen atoms in total.